The SMILES string of the molecule is FCP.O=P(c1ccccc1)(c1ccccc1)c1ccc(C2(c3ccc(-n4c5ccccc5c5ccccc54)cc3)c3ccccc3-c3ccccc32)cc1. The van der Waals surface area contributed by atoms with Gasteiger partial charge in [0, 0.05) is 32.4 Å². The number of halogens is 1. The van der Waals surface area contributed by atoms with Crippen molar-refractivity contribution < 1.29 is 8.96 Å². The average Bonchev–Trinajstić information content (AvgIpc) is 3.76. The van der Waals surface area contributed by atoms with Crippen molar-refractivity contribution in [3.8, 4) is 16.8 Å². The lowest BCUT2D eigenvalue weighted by molar-refractivity contribution is 0.592. The predicted octanol–water partition coefficient (Wildman–Crippen LogP) is 11.6. The maximum atomic E-state index is 15.3. The molecule has 1 aliphatic rings. The number of benzene rings is 8. The molecule has 0 aliphatic heterocycles. The lowest BCUT2D eigenvalue weighted by atomic mass is 9.68. The van der Waals surface area contributed by atoms with Crippen molar-refractivity contribution in [1.82, 2.24) is 4.57 Å². The van der Waals surface area contributed by atoms with E-state index in [1.807, 2.05) is 69.9 Å². The van der Waals surface area contributed by atoms with Crippen LogP contribution in [0.3, 0.4) is 0 Å². The summed E-state index contributed by atoms with van der Waals surface area (Å²) in [6.07, 6.45) is -0.333. The molecule has 0 saturated heterocycles. The van der Waals surface area contributed by atoms with E-state index in [0.717, 1.165) is 27.2 Å². The minimum absolute atomic E-state index is 0.333. The zero-order chi connectivity index (χ0) is 37.4. The van der Waals surface area contributed by atoms with Crippen LogP contribution in [0.2, 0.25) is 0 Å². The molecule has 266 valence electrons. The molecule has 1 heterocycles. The van der Waals surface area contributed by atoms with Crippen LogP contribution in [0.5, 0.6) is 0 Å². The Morgan fingerprint density at radius 3 is 1.29 bits per heavy atom. The van der Waals surface area contributed by atoms with E-state index in [4.69, 9.17) is 0 Å². The van der Waals surface area contributed by atoms with Crippen LogP contribution in [-0.2, 0) is 9.98 Å². The van der Waals surface area contributed by atoms with Crippen molar-refractivity contribution in [3.63, 3.8) is 0 Å². The van der Waals surface area contributed by atoms with E-state index >= 15 is 4.57 Å². The van der Waals surface area contributed by atoms with Crippen LogP contribution in [0.25, 0.3) is 38.6 Å². The zero-order valence-corrected chi connectivity index (χ0v) is 32.1. The number of hydrogen-bond donors (Lipinski definition) is 0. The Balaban J connectivity index is 0.00000128. The highest BCUT2D eigenvalue weighted by atomic mass is 31.2. The van der Waals surface area contributed by atoms with Gasteiger partial charge in [-0.1, -0.05) is 182 Å². The van der Waals surface area contributed by atoms with E-state index in [1.54, 1.807) is 0 Å². The normalized spacial score (nSPS) is 12.8. The van der Waals surface area contributed by atoms with Crippen LogP contribution >= 0.6 is 16.4 Å². The topological polar surface area (TPSA) is 22.0 Å². The molecule has 9 aromatic rings. The number of hydrogen-bond acceptors (Lipinski definition) is 1. The molecule has 1 atom stereocenters. The lowest BCUT2D eigenvalue weighted by Crippen LogP contribution is -2.30. The first kappa shape index (κ1) is 34.9. The van der Waals surface area contributed by atoms with Gasteiger partial charge in [-0.25, -0.2) is 4.39 Å². The number of para-hydroxylation sites is 2. The first-order valence-corrected chi connectivity index (χ1v) is 21.0. The molecule has 0 radical (unpaired) electrons. The third-order valence-corrected chi connectivity index (χ3v) is 14.1. The maximum Gasteiger partial charge on any atom is 0.171 e. The van der Waals surface area contributed by atoms with Gasteiger partial charge in [0.1, 0.15) is 6.42 Å². The Morgan fingerprint density at radius 1 is 0.455 bits per heavy atom. The van der Waals surface area contributed by atoms with Crippen LogP contribution < -0.4 is 15.9 Å². The molecule has 0 N–H and O–H groups in total. The number of alkyl halides is 1. The summed E-state index contributed by atoms with van der Waals surface area (Å²) in [5.41, 5.74) is 10.3. The highest BCUT2D eigenvalue weighted by molar-refractivity contribution is 7.85. The molecule has 2 nitrogen and oxygen atoms in total. The second-order valence-electron chi connectivity index (χ2n) is 13.7. The number of fused-ring (bicyclic) bond motifs is 6. The third-order valence-electron chi connectivity index (χ3n) is 11.0. The fourth-order valence-corrected chi connectivity index (χ4v) is 11.4. The van der Waals surface area contributed by atoms with Gasteiger partial charge in [0.25, 0.3) is 0 Å². The summed E-state index contributed by atoms with van der Waals surface area (Å²) in [7, 11) is -1.22. The molecule has 10 rings (SSSR count). The number of aromatic nitrogens is 1. The van der Waals surface area contributed by atoms with E-state index < -0.39 is 12.6 Å². The monoisotopic (exact) mass is 749 g/mol. The minimum atomic E-state index is -3.13. The quantitative estimate of drug-likeness (QED) is 0.155. The van der Waals surface area contributed by atoms with Gasteiger partial charge in [-0.15, -0.1) is 9.24 Å². The Labute approximate surface area is 323 Å². The molecule has 1 aromatic heterocycles. The fraction of sp³-hybridized carbons (Fsp3) is 0.0400. The molecule has 8 aromatic carbocycles. The Kier molecular flexibility index (Phi) is 9.15. The molecule has 1 unspecified atom stereocenters. The summed E-state index contributed by atoms with van der Waals surface area (Å²) in [5, 5.41) is 4.99. The van der Waals surface area contributed by atoms with Crippen molar-refractivity contribution in [2.45, 2.75) is 5.41 Å². The van der Waals surface area contributed by atoms with Gasteiger partial charge in [0.05, 0.1) is 16.4 Å². The van der Waals surface area contributed by atoms with Gasteiger partial charge < -0.3 is 9.13 Å². The predicted molar refractivity (Wildman–Crippen MR) is 233 cm³/mol. The molecule has 0 amide bonds. The van der Waals surface area contributed by atoms with Crippen LogP contribution in [0.4, 0.5) is 4.39 Å². The Bertz CT molecular complexity index is 2690. The Morgan fingerprint density at radius 2 is 0.818 bits per heavy atom. The van der Waals surface area contributed by atoms with Gasteiger partial charge in [0.15, 0.2) is 7.14 Å². The van der Waals surface area contributed by atoms with Crippen molar-refractivity contribution in [3.05, 3.63) is 229 Å². The molecule has 5 heteroatoms. The fourth-order valence-electron chi connectivity index (χ4n) is 8.73. The number of nitrogens with zero attached hydrogens (tertiary/aromatic N) is 1. The molecule has 1 aliphatic carbocycles. The highest BCUT2D eigenvalue weighted by Gasteiger charge is 2.46. The van der Waals surface area contributed by atoms with E-state index in [2.05, 4.69) is 150 Å². The van der Waals surface area contributed by atoms with Crippen LogP contribution in [0.15, 0.2) is 206 Å². The van der Waals surface area contributed by atoms with E-state index in [-0.39, 0.29) is 6.42 Å². The molecule has 55 heavy (non-hydrogen) atoms. The van der Waals surface area contributed by atoms with Gasteiger partial charge >= 0.3 is 0 Å². The Hall–Kier alpha value is -5.85. The summed E-state index contributed by atoms with van der Waals surface area (Å²) in [5.74, 6) is 0. The molecule has 0 spiro atoms. The van der Waals surface area contributed by atoms with E-state index in [0.29, 0.717) is 0 Å². The number of rotatable bonds is 6. The van der Waals surface area contributed by atoms with E-state index in [1.165, 1.54) is 49.6 Å². The van der Waals surface area contributed by atoms with Crippen LogP contribution in [0.1, 0.15) is 22.3 Å². The van der Waals surface area contributed by atoms with Gasteiger partial charge in [0.2, 0.25) is 0 Å². The van der Waals surface area contributed by atoms with Gasteiger partial charge in [-0.3, -0.25) is 0 Å². The summed E-state index contributed by atoms with van der Waals surface area (Å²) in [6.45, 7) is 0. The standard InChI is InChI=1S/C49H34NOP.CH4FP/c51-52(38-15-3-1-4-16-38,39-17-5-2-6-18-39)40-33-29-36(30-34-40)49(45-23-11-7-19-41(45)42-20-8-12-24-46(42)49)35-27-31-37(32-28-35)50-47-25-13-9-21-43(47)44-22-10-14-26-48(44)50;2-1-3/h1-34H;1,3H2. The maximum absolute atomic E-state index is 15.3. The summed E-state index contributed by atoms with van der Waals surface area (Å²) >= 11 is 0. The molecule has 0 bridgehead atoms. The van der Waals surface area contributed by atoms with Gasteiger partial charge in [-0.2, -0.15) is 0 Å². The second kappa shape index (κ2) is 14.4. The first-order chi connectivity index (χ1) is 27.1. The first-order valence-electron chi connectivity index (χ1n) is 18.5. The van der Waals surface area contributed by atoms with Crippen LogP contribution in [0, 0.1) is 0 Å². The van der Waals surface area contributed by atoms with Crippen molar-refractivity contribution >= 4 is 54.1 Å². The largest absolute Gasteiger partial charge is 0.309 e. The smallest absolute Gasteiger partial charge is 0.171 e. The van der Waals surface area contributed by atoms with Gasteiger partial charge in [-0.05, 0) is 57.6 Å². The molecular weight excluding hydrogens is 712 g/mol. The van der Waals surface area contributed by atoms with Crippen LogP contribution in [-0.4, -0.2) is 11.0 Å². The molecule has 0 fully saturated rings. The molecule has 0 saturated carbocycles. The van der Waals surface area contributed by atoms with Crippen molar-refractivity contribution in [1.29, 1.82) is 0 Å². The zero-order valence-electron chi connectivity index (χ0n) is 30.1. The second-order valence-corrected chi connectivity index (χ2v) is 16.8. The summed E-state index contributed by atoms with van der Waals surface area (Å²) < 4.78 is 28.0. The summed E-state index contributed by atoms with van der Waals surface area (Å²) in [6, 6.07) is 72.6. The van der Waals surface area contributed by atoms with Crippen molar-refractivity contribution in [2.24, 2.45) is 0 Å². The van der Waals surface area contributed by atoms with Crippen molar-refractivity contribution in [2.75, 3.05) is 6.42 Å². The minimum Gasteiger partial charge on any atom is -0.309 e. The average molecular weight is 750 g/mol. The molecular formula is C50H38FNOP2. The highest BCUT2D eigenvalue weighted by Crippen LogP contribution is 2.56. The lowest BCUT2D eigenvalue weighted by Gasteiger charge is -2.34. The summed E-state index contributed by atoms with van der Waals surface area (Å²) in [4.78, 5) is 0. The van der Waals surface area contributed by atoms with E-state index in [9.17, 15) is 4.39 Å². The third kappa shape index (κ3) is 5.53.